The minimum atomic E-state index is -4.39. The molecule has 1 aromatic carbocycles. The van der Waals surface area contributed by atoms with E-state index in [1.54, 1.807) is 6.07 Å². The van der Waals surface area contributed by atoms with Crippen LogP contribution in [0.1, 0.15) is 11.3 Å². The van der Waals surface area contributed by atoms with Crippen molar-refractivity contribution in [3.63, 3.8) is 0 Å². The van der Waals surface area contributed by atoms with Gasteiger partial charge in [0.05, 0.1) is 5.56 Å². The largest absolute Gasteiger partial charge is 0.424 e. The van der Waals surface area contributed by atoms with E-state index in [0.29, 0.717) is 0 Å². The topological polar surface area (TPSA) is 58.8 Å². The highest BCUT2D eigenvalue weighted by Crippen LogP contribution is 2.30. The summed E-state index contributed by atoms with van der Waals surface area (Å²) >= 11 is 0. The van der Waals surface area contributed by atoms with E-state index in [0.717, 1.165) is 24.3 Å². The normalized spacial score (nSPS) is 10.8. The summed E-state index contributed by atoms with van der Waals surface area (Å²) in [5, 5.41) is 8.63. The highest BCUT2D eigenvalue weighted by atomic mass is 19.4. The molecule has 0 atom stereocenters. The predicted octanol–water partition coefficient (Wildman–Crippen LogP) is 3.16. The highest BCUT2D eigenvalue weighted by Gasteiger charge is 2.30. The molecule has 7 heteroatoms. The van der Waals surface area contributed by atoms with Crippen molar-refractivity contribution in [3.8, 4) is 17.8 Å². The van der Waals surface area contributed by atoms with Gasteiger partial charge >= 0.3 is 12.2 Å². The number of halogens is 3. The molecule has 0 fully saturated rings. The minimum Gasteiger partial charge on any atom is -0.424 e. The van der Waals surface area contributed by atoms with Crippen LogP contribution in [0.4, 0.5) is 13.2 Å². The Kier molecular flexibility index (Phi) is 3.33. The average molecular weight is 265 g/mol. The van der Waals surface area contributed by atoms with Gasteiger partial charge in [-0.3, -0.25) is 0 Å². The molecule has 2 aromatic rings. The number of alkyl halides is 3. The Morgan fingerprint density at radius 2 is 1.79 bits per heavy atom. The fourth-order valence-corrected chi connectivity index (χ4v) is 1.27. The number of nitriles is 1. The van der Waals surface area contributed by atoms with Gasteiger partial charge in [-0.25, -0.2) is 4.98 Å². The van der Waals surface area contributed by atoms with Crippen molar-refractivity contribution >= 4 is 0 Å². The lowest BCUT2D eigenvalue weighted by Gasteiger charge is -2.07. The van der Waals surface area contributed by atoms with Crippen LogP contribution in [0.15, 0.2) is 36.5 Å². The minimum absolute atomic E-state index is 0.0983. The summed E-state index contributed by atoms with van der Waals surface area (Å²) in [7, 11) is 0. The van der Waals surface area contributed by atoms with Crippen LogP contribution >= 0.6 is 0 Å². The lowest BCUT2D eigenvalue weighted by atomic mass is 10.2. The molecule has 0 saturated carbocycles. The number of rotatable bonds is 2. The third-order valence-corrected chi connectivity index (χ3v) is 2.14. The molecule has 2 rings (SSSR count). The zero-order valence-corrected chi connectivity index (χ0v) is 9.35. The molecular weight excluding hydrogens is 259 g/mol. The molecule has 1 heterocycles. The van der Waals surface area contributed by atoms with Crippen molar-refractivity contribution in [2.45, 2.75) is 6.18 Å². The summed E-state index contributed by atoms with van der Waals surface area (Å²) < 4.78 is 42.2. The maximum Gasteiger partial charge on any atom is 0.416 e. The number of nitrogens with zero attached hydrogens (tertiary/aromatic N) is 3. The predicted molar refractivity (Wildman–Crippen MR) is 58.3 cm³/mol. The van der Waals surface area contributed by atoms with Crippen LogP contribution in [0.5, 0.6) is 11.8 Å². The van der Waals surface area contributed by atoms with Gasteiger partial charge in [0, 0.05) is 6.20 Å². The number of benzene rings is 1. The van der Waals surface area contributed by atoms with Crippen LogP contribution < -0.4 is 4.74 Å². The maximum atomic E-state index is 12.3. The second-order valence-corrected chi connectivity index (χ2v) is 3.46. The molecule has 0 aliphatic carbocycles. The molecule has 4 nitrogen and oxygen atoms in total. The van der Waals surface area contributed by atoms with Crippen LogP contribution in [0.2, 0.25) is 0 Å². The van der Waals surface area contributed by atoms with Gasteiger partial charge in [-0.15, -0.1) is 0 Å². The van der Waals surface area contributed by atoms with Crippen LogP contribution in [-0.4, -0.2) is 9.97 Å². The first-order valence-corrected chi connectivity index (χ1v) is 5.07. The molecule has 0 saturated heterocycles. The van der Waals surface area contributed by atoms with Crippen LogP contribution in [0, 0.1) is 11.3 Å². The monoisotopic (exact) mass is 265 g/mol. The first-order valence-electron chi connectivity index (χ1n) is 5.07. The molecular formula is C12H6F3N3O. The lowest BCUT2D eigenvalue weighted by molar-refractivity contribution is -0.137. The van der Waals surface area contributed by atoms with Gasteiger partial charge in [-0.05, 0) is 30.3 Å². The standard InChI is InChI=1S/C12H6F3N3O/c13-12(14,15)8-1-3-10(4-2-8)19-11-17-6-5-9(7-16)18-11/h1-6H. The molecule has 0 amide bonds. The molecule has 0 aliphatic heterocycles. The SMILES string of the molecule is N#Cc1ccnc(Oc2ccc(C(F)(F)F)cc2)n1. The number of ether oxygens (including phenoxy) is 1. The van der Waals surface area contributed by atoms with Crippen molar-refractivity contribution in [1.29, 1.82) is 5.26 Å². The molecule has 0 radical (unpaired) electrons. The summed E-state index contributed by atoms with van der Waals surface area (Å²) in [5.41, 5.74) is -0.663. The van der Waals surface area contributed by atoms with Crippen molar-refractivity contribution < 1.29 is 17.9 Å². The van der Waals surface area contributed by atoms with Crippen molar-refractivity contribution in [2.24, 2.45) is 0 Å². The van der Waals surface area contributed by atoms with E-state index >= 15 is 0 Å². The van der Waals surface area contributed by atoms with Gasteiger partial charge in [-0.1, -0.05) is 0 Å². The molecule has 1 aromatic heterocycles. The lowest BCUT2D eigenvalue weighted by Crippen LogP contribution is -2.04. The fraction of sp³-hybridized carbons (Fsp3) is 0.0833. The zero-order chi connectivity index (χ0) is 13.9. The summed E-state index contributed by atoms with van der Waals surface area (Å²) in [6.07, 6.45) is -3.07. The van der Waals surface area contributed by atoms with Gasteiger partial charge in [0.2, 0.25) is 0 Å². The first-order chi connectivity index (χ1) is 8.99. The van der Waals surface area contributed by atoms with Gasteiger partial charge in [0.1, 0.15) is 17.5 Å². The Labute approximate surface area is 106 Å². The number of hydrogen-bond donors (Lipinski definition) is 0. The van der Waals surface area contributed by atoms with Crippen molar-refractivity contribution in [3.05, 3.63) is 47.8 Å². The summed E-state index contributed by atoms with van der Waals surface area (Å²) in [4.78, 5) is 7.49. The highest BCUT2D eigenvalue weighted by molar-refractivity contribution is 5.31. The third-order valence-electron chi connectivity index (χ3n) is 2.14. The number of hydrogen-bond acceptors (Lipinski definition) is 4. The summed E-state index contributed by atoms with van der Waals surface area (Å²) in [6, 6.07) is 7.19. The molecule has 0 N–H and O–H groups in total. The smallest absolute Gasteiger partial charge is 0.416 e. The van der Waals surface area contributed by atoms with Gasteiger partial charge in [0.25, 0.3) is 0 Å². The third kappa shape index (κ3) is 3.19. The van der Waals surface area contributed by atoms with E-state index in [1.165, 1.54) is 12.3 Å². The van der Waals surface area contributed by atoms with Gasteiger partial charge < -0.3 is 4.74 Å². The first kappa shape index (κ1) is 12.8. The number of aromatic nitrogens is 2. The van der Waals surface area contributed by atoms with Gasteiger partial charge in [0.15, 0.2) is 0 Å². The van der Waals surface area contributed by atoms with E-state index < -0.39 is 11.7 Å². The molecule has 0 spiro atoms. The average Bonchev–Trinajstić information content (AvgIpc) is 2.38. The Bertz CT molecular complexity index is 617. The second kappa shape index (κ2) is 4.94. The Morgan fingerprint density at radius 1 is 1.11 bits per heavy atom. The summed E-state index contributed by atoms with van der Waals surface area (Å²) in [6.45, 7) is 0. The van der Waals surface area contributed by atoms with Crippen molar-refractivity contribution in [2.75, 3.05) is 0 Å². The quantitative estimate of drug-likeness (QED) is 0.836. The fourth-order valence-electron chi connectivity index (χ4n) is 1.27. The van der Waals surface area contributed by atoms with Crippen molar-refractivity contribution in [1.82, 2.24) is 9.97 Å². The van der Waals surface area contributed by atoms with E-state index in [2.05, 4.69) is 9.97 Å². The molecule has 96 valence electrons. The zero-order valence-electron chi connectivity index (χ0n) is 9.35. The van der Waals surface area contributed by atoms with Crippen LogP contribution in [-0.2, 0) is 6.18 Å². The van der Waals surface area contributed by atoms with E-state index in [-0.39, 0.29) is 17.5 Å². The Morgan fingerprint density at radius 3 is 2.37 bits per heavy atom. The van der Waals surface area contributed by atoms with E-state index in [9.17, 15) is 13.2 Å². The molecule has 19 heavy (non-hydrogen) atoms. The molecule has 0 aliphatic rings. The summed E-state index contributed by atoms with van der Waals surface area (Å²) in [5.74, 6) is 0.156. The molecule has 0 unspecified atom stereocenters. The van der Waals surface area contributed by atoms with E-state index in [4.69, 9.17) is 10.00 Å². The molecule has 0 bridgehead atoms. The van der Waals surface area contributed by atoms with E-state index in [1.807, 2.05) is 0 Å². The van der Waals surface area contributed by atoms with Crippen LogP contribution in [0.25, 0.3) is 0 Å². The van der Waals surface area contributed by atoms with Crippen LogP contribution in [0.3, 0.4) is 0 Å². The Balaban J connectivity index is 2.18. The maximum absolute atomic E-state index is 12.3. The second-order valence-electron chi connectivity index (χ2n) is 3.46. The van der Waals surface area contributed by atoms with Gasteiger partial charge in [-0.2, -0.15) is 23.4 Å². The Hall–Kier alpha value is -2.62.